The Hall–Kier alpha value is -1.78. The first-order valence-corrected chi connectivity index (χ1v) is 9.02. The van der Waals surface area contributed by atoms with Crippen LogP contribution in [0.15, 0.2) is 42.6 Å². The number of carbonyl (C=O) groups excluding carboxylic acids is 1. The first-order valence-electron chi connectivity index (χ1n) is 8.65. The predicted octanol–water partition coefficient (Wildman–Crippen LogP) is 3.17. The van der Waals surface area contributed by atoms with Gasteiger partial charge in [0.1, 0.15) is 0 Å². The number of benzene rings is 1. The van der Waals surface area contributed by atoms with Crippen LogP contribution in [0.5, 0.6) is 0 Å². The minimum atomic E-state index is 0.0824. The molecule has 1 aromatic heterocycles. The predicted molar refractivity (Wildman–Crippen MR) is 95.1 cm³/mol. The van der Waals surface area contributed by atoms with E-state index >= 15 is 0 Å². The second-order valence-electron chi connectivity index (χ2n) is 6.64. The summed E-state index contributed by atoms with van der Waals surface area (Å²) in [5.74, 6) is 0.250. The molecule has 1 fully saturated rings. The van der Waals surface area contributed by atoms with Crippen LogP contribution in [-0.2, 0) is 11.3 Å². The van der Waals surface area contributed by atoms with Crippen molar-refractivity contribution in [3.05, 3.63) is 58.9 Å². The number of fused-ring (bicyclic) bond motifs is 1. The Morgan fingerprint density at radius 2 is 1.92 bits per heavy atom. The normalized spacial score (nSPS) is 21.0. The van der Waals surface area contributed by atoms with Crippen molar-refractivity contribution in [2.45, 2.75) is 25.4 Å². The number of hydrogen-bond acceptors (Lipinski definition) is 2. The van der Waals surface area contributed by atoms with Gasteiger partial charge < -0.3 is 9.47 Å². The molecule has 2 aliphatic rings. The number of likely N-dealkylation sites (tertiary alicyclic amines) is 1. The van der Waals surface area contributed by atoms with Crippen molar-refractivity contribution in [3.8, 4) is 0 Å². The van der Waals surface area contributed by atoms with Gasteiger partial charge in [0, 0.05) is 43.1 Å². The Bertz CT molecular complexity index is 736. The summed E-state index contributed by atoms with van der Waals surface area (Å²) in [5.41, 5.74) is 2.38. The number of hydrogen-bond donors (Lipinski definition) is 0. The molecule has 3 heterocycles. The molecule has 2 aromatic rings. The molecule has 5 heteroatoms. The molecule has 0 spiro atoms. The summed E-state index contributed by atoms with van der Waals surface area (Å²) >= 11 is 6.22. The third-order valence-corrected chi connectivity index (χ3v) is 5.33. The van der Waals surface area contributed by atoms with E-state index in [4.69, 9.17) is 11.6 Å². The van der Waals surface area contributed by atoms with E-state index in [1.807, 2.05) is 23.1 Å². The lowest BCUT2D eigenvalue weighted by Crippen LogP contribution is -2.45. The summed E-state index contributed by atoms with van der Waals surface area (Å²) in [5, 5.41) is 0.738. The number of carbonyl (C=O) groups is 1. The monoisotopic (exact) mass is 343 g/mol. The number of halogens is 1. The summed E-state index contributed by atoms with van der Waals surface area (Å²) in [6.07, 6.45) is 4.38. The van der Waals surface area contributed by atoms with Crippen molar-refractivity contribution < 1.29 is 4.79 Å². The number of amides is 1. The zero-order valence-electron chi connectivity index (χ0n) is 13.7. The molecule has 1 amide bonds. The lowest BCUT2D eigenvalue weighted by atomic mass is 10.00. The molecule has 4 rings (SSSR count). The van der Waals surface area contributed by atoms with Crippen LogP contribution in [-0.4, -0.2) is 46.5 Å². The Labute approximate surface area is 147 Å². The molecule has 24 heavy (non-hydrogen) atoms. The molecule has 1 unspecified atom stereocenters. The van der Waals surface area contributed by atoms with E-state index in [0.29, 0.717) is 6.54 Å². The molecule has 2 aliphatic heterocycles. The Kier molecular flexibility index (Phi) is 4.33. The van der Waals surface area contributed by atoms with Crippen LogP contribution in [0.25, 0.3) is 0 Å². The topological polar surface area (TPSA) is 28.5 Å². The van der Waals surface area contributed by atoms with Gasteiger partial charge in [-0.1, -0.05) is 23.7 Å². The fraction of sp³-hybridized carbons (Fsp3) is 0.421. The molecule has 126 valence electrons. The second kappa shape index (κ2) is 6.61. The van der Waals surface area contributed by atoms with E-state index < -0.39 is 0 Å². The third-order valence-electron chi connectivity index (χ3n) is 5.10. The van der Waals surface area contributed by atoms with E-state index in [1.54, 1.807) is 0 Å². The highest BCUT2D eigenvalue weighted by molar-refractivity contribution is 6.30. The van der Waals surface area contributed by atoms with Crippen LogP contribution in [0.4, 0.5) is 0 Å². The van der Waals surface area contributed by atoms with Gasteiger partial charge in [0.05, 0.1) is 12.6 Å². The largest absolute Gasteiger partial charge is 0.348 e. The molecule has 0 bridgehead atoms. The lowest BCUT2D eigenvalue weighted by Gasteiger charge is -2.37. The third kappa shape index (κ3) is 2.96. The van der Waals surface area contributed by atoms with Crippen molar-refractivity contribution >= 4 is 17.5 Å². The summed E-state index contributed by atoms with van der Waals surface area (Å²) in [6, 6.07) is 12.3. The van der Waals surface area contributed by atoms with Crippen LogP contribution < -0.4 is 0 Å². The van der Waals surface area contributed by atoms with Crippen molar-refractivity contribution in [2.75, 3.05) is 26.2 Å². The first kappa shape index (κ1) is 15.7. The molecular formula is C19H22ClN3O. The van der Waals surface area contributed by atoms with Gasteiger partial charge in [-0.15, -0.1) is 0 Å². The van der Waals surface area contributed by atoms with Crippen LogP contribution in [0.3, 0.4) is 0 Å². The molecule has 4 nitrogen and oxygen atoms in total. The van der Waals surface area contributed by atoms with E-state index in [9.17, 15) is 4.79 Å². The average molecular weight is 344 g/mol. The minimum Gasteiger partial charge on any atom is -0.348 e. The average Bonchev–Trinajstić information content (AvgIpc) is 3.26. The maximum absolute atomic E-state index is 12.7. The molecule has 0 N–H and O–H groups in total. The second-order valence-corrected chi connectivity index (χ2v) is 7.08. The molecular weight excluding hydrogens is 322 g/mol. The first-order chi connectivity index (χ1) is 11.7. The van der Waals surface area contributed by atoms with Crippen LogP contribution >= 0.6 is 11.6 Å². The maximum atomic E-state index is 12.7. The molecule has 1 atom stereocenters. The van der Waals surface area contributed by atoms with Crippen molar-refractivity contribution in [1.29, 1.82) is 0 Å². The Morgan fingerprint density at radius 3 is 2.71 bits per heavy atom. The zero-order chi connectivity index (χ0) is 16.5. The highest BCUT2D eigenvalue weighted by Gasteiger charge is 2.31. The molecule has 1 aromatic carbocycles. The van der Waals surface area contributed by atoms with E-state index in [0.717, 1.165) is 49.6 Å². The van der Waals surface area contributed by atoms with Crippen molar-refractivity contribution in [2.24, 2.45) is 0 Å². The van der Waals surface area contributed by atoms with Crippen molar-refractivity contribution in [3.63, 3.8) is 0 Å². The van der Waals surface area contributed by atoms with E-state index in [2.05, 4.69) is 33.9 Å². The minimum absolute atomic E-state index is 0.0824. The summed E-state index contributed by atoms with van der Waals surface area (Å²) in [7, 11) is 0. The summed E-state index contributed by atoms with van der Waals surface area (Å²) in [6.45, 7) is 4.09. The van der Waals surface area contributed by atoms with Crippen LogP contribution in [0.1, 0.15) is 30.1 Å². The standard InChI is InChI=1S/C19H22ClN3O/c20-16-6-3-5-15(13-16)19-17-7-4-10-21(17)11-12-23(19)14-18(24)22-8-1-2-9-22/h3-7,10,13,19H,1-2,8-9,11-12,14H2. The van der Waals surface area contributed by atoms with Crippen molar-refractivity contribution in [1.82, 2.24) is 14.4 Å². The van der Waals surface area contributed by atoms with Gasteiger partial charge in [-0.25, -0.2) is 0 Å². The smallest absolute Gasteiger partial charge is 0.236 e. The highest BCUT2D eigenvalue weighted by Crippen LogP contribution is 2.33. The molecule has 0 radical (unpaired) electrons. The lowest BCUT2D eigenvalue weighted by molar-refractivity contribution is -0.132. The summed E-state index contributed by atoms with van der Waals surface area (Å²) in [4.78, 5) is 17.0. The number of rotatable bonds is 3. The maximum Gasteiger partial charge on any atom is 0.236 e. The number of nitrogens with zero attached hydrogens (tertiary/aromatic N) is 3. The quantitative estimate of drug-likeness (QED) is 0.856. The van der Waals surface area contributed by atoms with Gasteiger partial charge in [0.2, 0.25) is 5.91 Å². The van der Waals surface area contributed by atoms with Crippen LogP contribution in [0.2, 0.25) is 5.02 Å². The fourth-order valence-electron chi connectivity index (χ4n) is 3.90. The fourth-order valence-corrected chi connectivity index (χ4v) is 4.10. The van der Waals surface area contributed by atoms with Gasteiger partial charge in [-0.2, -0.15) is 0 Å². The Morgan fingerprint density at radius 1 is 1.08 bits per heavy atom. The highest BCUT2D eigenvalue weighted by atomic mass is 35.5. The summed E-state index contributed by atoms with van der Waals surface area (Å²) < 4.78 is 2.28. The van der Waals surface area contributed by atoms with Gasteiger partial charge >= 0.3 is 0 Å². The number of aromatic nitrogens is 1. The molecule has 0 aliphatic carbocycles. The van der Waals surface area contributed by atoms with E-state index in [1.165, 1.54) is 5.69 Å². The van der Waals surface area contributed by atoms with Gasteiger partial charge in [-0.05, 0) is 42.7 Å². The van der Waals surface area contributed by atoms with E-state index in [-0.39, 0.29) is 11.9 Å². The molecule has 0 saturated carbocycles. The SMILES string of the molecule is O=C(CN1CCn2cccc2C1c1cccc(Cl)c1)N1CCCC1. The molecule has 1 saturated heterocycles. The van der Waals surface area contributed by atoms with Crippen LogP contribution in [0, 0.1) is 0 Å². The van der Waals surface area contributed by atoms with Gasteiger partial charge in [0.15, 0.2) is 0 Å². The Balaban J connectivity index is 1.63. The van der Waals surface area contributed by atoms with Gasteiger partial charge in [0.25, 0.3) is 0 Å². The zero-order valence-corrected chi connectivity index (χ0v) is 14.5. The van der Waals surface area contributed by atoms with Gasteiger partial charge in [-0.3, -0.25) is 9.69 Å².